The molecule has 0 spiro atoms. The highest BCUT2D eigenvalue weighted by Gasteiger charge is 2.24. The molecule has 104 valence electrons. The molecule has 0 saturated carbocycles. The van der Waals surface area contributed by atoms with Crippen LogP contribution in [-0.2, 0) is 16.0 Å². The Morgan fingerprint density at radius 3 is 3.00 bits per heavy atom. The van der Waals surface area contributed by atoms with Crippen molar-refractivity contribution in [2.24, 2.45) is 0 Å². The zero-order valence-electron chi connectivity index (χ0n) is 11.9. The molecule has 1 atom stereocenters. The van der Waals surface area contributed by atoms with Crippen LogP contribution in [0.5, 0.6) is 0 Å². The van der Waals surface area contributed by atoms with Crippen molar-refractivity contribution in [1.29, 1.82) is 0 Å². The van der Waals surface area contributed by atoms with Gasteiger partial charge in [0.15, 0.2) is 0 Å². The van der Waals surface area contributed by atoms with Crippen molar-refractivity contribution >= 4 is 11.7 Å². The molecule has 3 heteroatoms. The molecule has 0 aromatic heterocycles. The molecule has 1 aromatic rings. The molecule has 0 aliphatic carbocycles. The van der Waals surface area contributed by atoms with E-state index in [2.05, 4.69) is 36.9 Å². The second kappa shape index (κ2) is 6.60. The normalized spacial score (nSPS) is 18.0. The lowest BCUT2D eigenvalue weighted by atomic mass is 9.97. The summed E-state index contributed by atoms with van der Waals surface area (Å²) in [4.78, 5) is 14.1. The number of aryl methyl sites for hydroxylation is 1. The van der Waals surface area contributed by atoms with Gasteiger partial charge in [-0.1, -0.05) is 31.5 Å². The molecule has 1 aliphatic heterocycles. The van der Waals surface area contributed by atoms with Gasteiger partial charge in [-0.3, -0.25) is 4.79 Å². The van der Waals surface area contributed by atoms with Crippen LogP contribution in [0.1, 0.15) is 38.7 Å². The Bertz CT molecular complexity index is 431. The monoisotopic (exact) mass is 261 g/mol. The molecule has 1 unspecified atom stereocenters. The van der Waals surface area contributed by atoms with E-state index in [1.807, 2.05) is 6.07 Å². The lowest BCUT2D eigenvalue weighted by Gasteiger charge is -2.36. The SMILES string of the molecule is CCCCOC(=O)CN1c2ccccc2CCC1C. The smallest absolute Gasteiger partial charge is 0.325 e. The first-order valence-electron chi connectivity index (χ1n) is 7.22. The van der Waals surface area contributed by atoms with Gasteiger partial charge in [0.25, 0.3) is 0 Å². The Morgan fingerprint density at radius 2 is 2.21 bits per heavy atom. The molecule has 0 N–H and O–H groups in total. The lowest BCUT2D eigenvalue weighted by molar-refractivity contribution is -0.142. The van der Waals surface area contributed by atoms with Gasteiger partial charge in [-0.15, -0.1) is 0 Å². The maximum absolute atomic E-state index is 11.9. The third-order valence-electron chi connectivity index (χ3n) is 3.72. The van der Waals surface area contributed by atoms with Gasteiger partial charge in [0, 0.05) is 11.7 Å². The summed E-state index contributed by atoms with van der Waals surface area (Å²) in [7, 11) is 0. The van der Waals surface area contributed by atoms with Crippen LogP contribution in [0.25, 0.3) is 0 Å². The van der Waals surface area contributed by atoms with Crippen molar-refractivity contribution in [2.45, 2.75) is 45.6 Å². The number of carbonyl (C=O) groups excluding carboxylic acids is 1. The second-order valence-electron chi connectivity index (χ2n) is 5.22. The van der Waals surface area contributed by atoms with E-state index in [0.29, 0.717) is 19.2 Å². The van der Waals surface area contributed by atoms with Crippen LogP contribution < -0.4 is 4.90 Å². The number of benzene rings is 1. The molecule has 0 fully saturated rings. The number of unbranched alkanes of at least 4 members (excludes halogenated alkanes) is 1. The van der Waals surface area contributed by atoms with Gasteiger partial charge in [0.05, 0.1) is 6.61 Å². The molecule has 0 saturated heterocycles. The second-order valence-corrected chi connectivity index (χ2v) is 5.22. The number of esters is 1. The van der Waals surface area contributed by atoms with E-state index >= 15 is 0 Å². The van der Waals surface area contributed by atoms with E-state index < -0.39 is 0 Å². The number of anilines is 1. The number of ether oxygens (including phenoxy) is 1. The van der Waals surface area contributed by atoms with Crippen molar-refractivity contribution in [3.8, 4) is 0 Å². The molecule has 1 heterocycles. The number of carbonyl (C=O) groups is 1. The number of hydrogen-bond acceptors (Lipinski definition) is 3. The predicted molar refractivity (Wildman–Crippen MR) is 77.4 cm³/mol. The first kappa shape index (κ1) is 13.9. The van der Waals surface area contributed by atoms with Gasteiger partial charge in [-0.25, -0.2) is 0 Å². The van der Waals surface area contributed by atoms with Crippen molar-refractivity contribution in [3.05, 3.63) is 29.8 Å². The fraction of sp³-hybridized carbons (Fsp3) is 0.562. The largest absolute Gasteiger partial charge is 0.464 e. The standard InChI is InChI=1S/C16H23NO2/c1-3-4-11-19-16(18)12-17-13(2)9-10-14-7-5-6-8-15(14)17/h5-8,13H,3-4,9-12H2,1-2H3. The molecule has 1 aromatic carbocycles. The zero-order chi connectivity index (χ0) is 13.7. The van der Waals surface area contributed by atoms with Crippen LogP contribution in [-0.4, -0.2) is 25.2 Å². The minimum atomic E-state index is -0.114. The predicted octanol–water partition coefficient (Wildman–Crippen LogP) is 3.17. The highest BCUT2D eigenvalue weighted by atomic mass is 16.5. The van der Waals surface area contributed by atoms with Crippen LogP contribution >= 0.6 is 0 Å². The first-order valence-corrected chi connectivity index (χ1v) is 7.22. The number of rotatable bonds is 5. The van der Waals surface area contributed by atoms with Crippen molar-refractivity contribution < 1.29 is 9.53 Å². The van der Waals surface area contributed by atoms with Gasteiger partial charge >= 0.3 is 5.97 Å². The Balaban J connectivity index is 2.01. The molecule has 19 heavy (non-hydrogen) atoms. The summed E-state index contributed by atoms with van der Waals surface area (Å²) in [6, 6.07) is 8.74. The minimum absolute atomic E-state index is 0.114. The molecular formula is C16H23NO2. The summed E-state index contributed by atoms with van der Waals surface area (Å²) in [5, 5.41) is 0. The van der Waals surface area contributed by atoms with E-state index in [-0.39, 0.29) is 5.97 Å². The molecular weight excluding hydrogens is 238 g/mol. The van der Waals surface area contributed by atoms with Gasteiger partial charge in [-0.2, -0.15) is 0 Å². The van der Waals surface area contributed by atoms with Crippen molar-refractivity contribution in [2.75, 3.05) is 18.1 Å². The first-order chi connectivity index (χ1) is 9.22. The summed E-state index contributed by atoms with van der Waals surface area (Å²) in [5.74, 6) is -0.114. The topological polar surface area (TPSA) is 29.5 Å². The molecule has 3 nitrogen and oxygen atoms in total. The van der Waals surface area contributed by atoms with E-state index in [0.717, 1.165) is 25.7 Å². The Kier molecular flexibility index (Phi) is 4.83. The third-order valence-corrected chi connectivity index (χ3v) is 3.72. The van der Waals surface area contributed by atoms with E-state index in [1.165, 1.54) is 11.3 Å². The van der Waals surface area contributed by atoms with Gasteiger partial charge in [0.2, 0.25) is 0 Å². The molecule has 0 bridgehead atoms. The number of hydrogen-bond donors (Lipinski definition) is 0. The lowest BCUT2D eigenvalue weighted by Crippen LogP contribution is -2.41. The summed E-state index contributed by atoms with van der Waals surface area (Å²) in [6.45, 7) is 5.17. The molecule has 2 rings (SSSR count). The molecule has 0 amide bonds. The third kappa shape index (κ3) is 3.49. The summed E-state index contributed by atoms with van der Waals surface area (Å²) >= 11 is 0. The fourth-order valence-electron chi connectivity index (χ4n) is 2.52. The summed E-state index contributed by atoms with van der Waals surface area (Å²) in [5.41, 5.74) is 2.52. The van der Waals surface area contributed by atoms with Crippen LogP contribution in [0.4, 0.5) is 5.69 Å². The Labute approximate surface area is 115 Å². The van der Waals surface area contributed by atoms with E-state index in [9.17, 15) is 4.79 Å². The number of nitrogens with zero attached hydrogens (tertiary/aromatic N) is 1. The maximum atomic E-state index is 11.9. The maximum Gasteiger partial charge on any atom is 0.325 e. The molecule has 1 aliphatic rings. The summed E-state index contributed by atoms with van der Waals surface area (Å²) in [6.07, 6.45) is 4.19. The zero-order valence-corrected chi connectivity index (χ0v) is 11.9. The Hall–Kier alpha value is -1.51. The van der Waals surface area contributed by atoms with Gasteiger partial charge in [0.1, 0.15) is 6.54 Å². The van der Waals surface area contributed by atoms with E-state index in [1.54, 1.807) is 0 Å². The fourth-order valence-corrected chi connectivity index (χ4v) is 2.52. The highest BCUT2D eigenvalue weighted by molar-refractivity contribution is 5.77. The minimum Gasteiger partial charge on any atom is -0.464 e. The van der Waals surface area contributed by atoms with Crippen LogP contribution in [0.2, 0.25) is 0 Å². The average molecular weight is 261 g/mol. The van der Waals surface area contributed by atoms with E-state index in [4.69, 9.17) is 4.74 Å². The average Bonchev–Trinajstić information content (AvgIpc) is 2.42. The Morgan fingerprint density at radius 1 is 1.42 bits per heavy atom. The van der Waals surface area contributed by atoms with Crippen LogP contribution in [0.15, 0.2) is 24.3 Å². The van der Waals surface area contributed by atoms with Crippen molar-refractivity contribution in [3.63, 3.8) is 0 Å². The highest BCUT2D eigenvalue weighted by Crippen LogP contribution is 2.30. The van der Waals surface area contributed by atoms with Crippen molar-refractivity contribution in [1.82, 2.24) is 0 Å². The van der Waals surface area contributed by atoms with Gasteiger partial charge in [-0.05, 0) is 37.8 Å². The molecule has 0 radical (unpaired) electrons. The van der Waals surface area contributed by atoms with Crippen LogP contribution in [0.3, 0.4) is 0 Å². The number of fused-ring (bicyclic) bond motifs is 1. The quantitative estimate of drug-likeness (QED) is 0.602. The number of para-hydroxylation sites is 1. The summed E-state index contributed by atoms with van der Waals surface area (Å²) < 4.78 is 5.27. The van der Waals surface area contributed by atoms with Crippen LogP contribution in [0, 0.1) is 0 Å². The van der Waals surface area contributed by atoms with Gasteiger partial charge < -0.3 is 9.64 Å².